The number of rotatable bonds is 15. The summed E-state index contributed by atoms with van der Waals surface area (Å²) < 4.78 is 10.9. The SMILES string of the molecule is CCCC(=O)Nc1ccc2c(c1)C(COC(=O)ON1C(=O)CCC1=O)c1cc(C(=O)CCCOCCCCO)ccc1-2. The molecule has 4 rings (SSSR count). The van der Waals surface area contributed by atoms with Crippen LogP contribution in [0.15, 0.2) is 36.4 Å². The summed E-state index contributed by atoms with van der Waals surface area (Å²) in [6, 6.07) is 10.9. The van der Waals surface area contributed by atoms with Crippen LogP contribution in [0.5, 0.6) is 0 Å². The van der Waals surface area contributed by atoms with Crippen LogP contribution in [-0.4, -0.2) is 66.3 Å². The molecule has 0 bridgehead atoms. The van der Waals surface area contributed by atoms with Gasteiger partial charge in [-0.25, -0.2) is 4.79 Å². The van der Waals surface area contributed by atoms with E-state index in [1.54, 1.807) is 18.2 Å². The van der Waals surface area contributed by atoms with Crippen molar-refractivity contribution < 1.29 is 43.4 Å². The van der Waals surface area contributed by atoms with Gasteiger partial charge in [-0.05, 0) is 66.1 Å². The van der Waals surface area contributed by atoms with Gasteiger partial charge >= 0.3 is 6.16 Å². The van der Waals surface area contributed by atoms with Crippen molar-refractivity contribution in [2.24, 2.45) is 0 Å². The van der Waals surface area contributed by atoms with Crippen LogP contribution >= 0.6 is 0 Å². The van der Waals surface area contributed by atoms with Crippen LogP contribution < -0.4 is 5.32 Å². The highest BCUT2D eigenvalue weighted by Crippen LogP contribution is 2.46. The second-order valence-electron chi connectivity index (χ2n) is 10.3. The Balaban J connectivity index is 1.50. The molecule has 1 heterocycles. The number of hydroxylamine groups is 2. The molecule has 1 saturated heterocycles. The number of ketones is 1. The number of fused-ring (bicyclic) bond motifs is 3. The van der Waals surface area contributed by atoms with Gasteiger partial charge in [-0.2, -0.15) is 0 Å². The highest BCUT2D eigenvalue weighted by molar-refractivity contribution is 6.01. The summed E-state index contributed by atoms with van der Waals surface area (Å²) in [5.41, 5.74) is 4.42. The fourth-order valence-electron chi connectivity index (χ4n) is 5.05. The van der Waals surface area contributed by atoms with Crippen molar-refractivity contribution in [3.05, 3.63) is 53.1 Å². The van der Waals surface area contributed by atoms with Crippen LogP contribution in [0, 0.1) is 0 Å². The van der Waals surface area contributed by atoms with E-state index in [9.17, 15) is 24.0 Å². The van der Waals surface area contributed by atoms with Gasteiger partial charge in [-0.1, -0.05) is 30.2 Å². The third-order valence-electron chi connectivity index (χ3n) is 7.16. The lowest BCUT2D eigenvalue weighted by atomic mass is 9.94. The standard InChI is InChI=1S/C31H36N2O9/c1-2-6-28(36)32-21-9-11-23-22-10-8-20(27(35)7-5-16-40-15-4-3-14-34)17-24(22)26(25(23)18-21)19-41-31(39)42-33-29(37)12-13-30(33)38/h8-11,17-18,26,34H,2-7,12-16,19H2,1H3,(H,32,36). The predicted octanol–water partition coefficient (Wildman–Crippen LogP) is 4.51. The number of aliphatic hydroxyl groups excluding tert-OH is 1. The van der Waals surface area contributed by atoms with Gasteiger partial charge in [0.15, 0.2) is 5.78 Å². The van der Waals surface area contributed by atoms with E-state index in [2.05, 4.69) is 5.32 Å². The van der Waals surface area contributed by atoms with E-state index in [0.717, 1.165) is 28.7 Å². The van der Waals surface area contributed by atoms with Gasteiger partial charge < -0.3 is 19.9 Å². The number of nitrogens with zero attached hydrogens (tertiary/aromatic N) is 1. The first-order valence-corrected chi connectivity index (χ1v) is 14.3. The minimum absolute atomic E-state index is 0.0331. The van der Waals surface area contributed by atoms with Gasteiger partial charge in [0.25, 0.3) is 11.8 Å². The molecular formula is C31H36N2O9. The Morgan fingerprint density at radius 3 is 2.33 bits per heavy atom. The third-order valence-corrected chi connectivity index (χ3v) is 7.16. The predicted molar refractivity (Wildman–Crippen MR) is 151 cm³/mol. The maximum absolute atomic E-state index is 13.0. The summed E-state index contributed by atoms with van der Waals surface area (Å²) in [6.07, 6.45) is 2.13. The average Bonchev–Trinajstić information content (AvgIpc) is 3.46. The molecule has 1 atom stereocenters. The Hall–Kier alpha value is -4.09. The topological polar surface area (TPSA) is 149 Å². The summed E-state index contributed by atoms with van der Waals surface area (Å²) in [6.45, 7) is 2.85. The first-order chi connectivity index (χ1) is 20.3. The molecule has 42 heavy (non-hydrogen) atoms. The maximum Gasteiger partial charge on any atom is 0.533 e. The minimum atomic E-state index is -1.19. The second-order valence-corrected chi connectivity index (χ2v) is 10.3. The molecule has 2 aromatic carbocycles. The first-order valence-electron chi connectivity index (χ1n) is 14.3. The highest BCUT2D eigenvalue weighted by Gasteiger charge is 2.35. The molecule has 11 heteroatoms. The number of carbonyl (C=O) groups is 5. The van der Waals surface area contributed by atoms with Crippen LogP contribution in [0.1, 0.15) is 85.7 Å². The van der Waals surface area contributed by atoms with Gasteiger partial charge in [0.2, 0.25) is 5.91 Å². The average molecular weight is 581 g/mol. The number of amides is 3. The Morgan fingerprint density at radius 1 is 0.929 bits per heavy atom. The molecule has 0 aromatic heterocycles. The van der Waals surface area contributed by atoms with E-state index in [0.29, 0.717) is 61.6 Å². The molecule has 11 nitrogen and oxygen atoms in total. The number of unbranched alkanes of at least 4 members (excludes halogenated alkanes) is 1. The zero-order chi connectivity index (χ0) is 30.1. The Bertz CT molecular complexity index is 1320. The smallest absolute Gasteiger partial charge is 0.432 e. The number of benzene rings is 2. The number of imide groups is 1. The number of anilines is 1. The van der Waals surface area contributed by atoms with Crippen molar-refractivity contribution in [1.82, 2.24) is 5.06 Å². The number of ether oxygens (including phenoxy) is 2. The molecule has 1 aliphatic heterocycles. The van der Waals surface area contributed by atoms with Gasteiger partial charge in [0.05, 0.1) is 0 Å². The van der Waals surface area contributed by atoms with Crippen molar-refractivity contribution in [2.75, 3.05) is 31.7 Å². The van der Waals surface area contributed by atoms with E-state index in [-0.39, 0.29) is 37.7 Å². The molecule has 1 unspecified atom stereocenters. The first kappa shape index (κ1) is 30.9. The fourth-order valence-corrected chi connectivity index (χ4v) is 5.05. The lowest BCUT2D eigenvalue weighted by Gasteiger charge is -2.17. The zero-order valence-electron chi connectivity index (χ0n) is 23.7. The summed E-state index contributed by atoms with van der Waals surface area (Å²) in [4.78, 5) is 66.2. The molecule has 0 spiro atoms. The molecule has 2 aliphatic rings. The van der Waals surface area contributed by atoms with E-state index in [1.807, 2.05) is 25.1 Å². The number of hydrogen-bond donors (Lipinski definition) is 2. The molecule has 2 N–H and O–H groups in total. The van der Waals surface area contributed by atoms with Crippen LogP contribution in [0.2, 0.25) is 0 Å². The van der Waals surface area contributed by atoms with Gasteiger partial charge in [0, 0.05) is 62.7 Å². The van der Waals surface area contributed by atoms with Gasteiger partial charge in [-0.3, -0.25) is 24.0 Å². The zero-order valence-corrected chi connectivity index (χ0v) is 23.7. The largest absolute Gasteiger partial charge is 0.533 e. The summed E-state index contributed by atoms with van der Waals surface area (Å²) in [5, 5.41) is 12.2. The number of nitrogens with one attached hydrogen (secondary N) is 1. The minimum Gasteiger partial charge on any atom is -0.432 e. The molecule has 1 fully saturated rings. The van der Waals surface area contributed by atoms with Crippen molar-refractivity contribution in [1.29, 1.82) is 0 Å². The van der Waals surface area contributed by atoms with E-state index < -0.39 is 23.9 Å². The van der Waals surface area contributed by atoms with Crippen LogP contribution in [0.4, 0.5) is 10.5 Å². The Kier molecular flexibility index (Phi) is 10.8. The van der Waals surface area contributed by atoms with Crippen LogP contribution in [-0.2, 0) is 28.7 Å². The van der Waals surface area contributed by atoms with Crippen LogP contribution in [0.25, 0.3) is 11.1 Å². The summed E-state index contributed by atoms with van der Waals surface area (Å²) in [7, 11) is 0. The number of hydrogen-bond acceptors (Lipinski definition) is 9. The molecule has 0 saturated carbocycles. The van der Waals surface area contributed by atoms with E-state index >= 15 is 0 Å². The Labute approximate surface area is 244 Å². The van der Waals surface area contributed by atoms with Crippen molar-refractivity contribution in [2.45, 2.75) is 64.2 Å². The van der Waals surface area contributed by atoms with Crippen LogP contribution in [0.3, 0.4) is 0 Å². The lowest BCUT2D eigenvalue weighted by molar-refractivity contribution is -0.177. The number of carbonyl (C=O) groups excluding carboxylic acids is 5. The van der Waals surface area contributed by atoms with Crippen molar-refractivity contribution in [3.8, 4) is 11.1 Å². The third kappa shape index (κ3) is 7.59. The molecule has 1 aliphatic carbocycles. The summed E-state index contributed by atoms with van der Waals surface area (Å²) in [5.74, 6) is -1.88. The molecule has 224 valence electrons. The molecule has 0 radical (unpaired) electrons. The van der Waals surface area contributed by atoms with Gasteiger partial charge in [0.1, 0.15) is 6.61 Å². The number of Topliss-reactive ketones (excluding diaryl/α,β-unsaturated/α-hetero) is 1. The fraction of sp³-hybridized carbons (Fsp3) is 0.452. The normalized spacial score (nSPS) is 15.4. The van der Waals surface area contributed by atoms with Crippen molar-refractivity contribution in [3.63, 3.8) is 0 Å². The Morgan fingerprint density at radius 2 is 1.62 bits per heavy atom. The van der Waals surface area contributed by atoms with E-state index in [1.165, 1.54) is 0 Å². The lowest BCUT2D eigenvalue weighted by Crippen LogP contribution is -2.32. The van der Waals surface area contributed by atoms with Gasteiger partial charge in [-0.15, -0.1) is 0 Å². The van der Waals surface area contributed by atoms with E-state index in [4.69, 9.17) is 19.4 Å². The quantitative estimate of drug-likeness (QED) is 0.134. The second kappa shape index (κ2) is 14.7. The van der Waals surface area contributed by atoms with Crippen molar-refractivity contribution >= 4 is 35.3 Å². The number of aliphatic hydroxyl groups is 1. The maximum atomic E-state index is 13.0. The molecule has 3 amide bonds. The highest BCUT2D eigenvalue weighted by atomic mass is 16.8. The monoisotopic (exact) mass is 580 g/mol. The summed E-state index contributed by atoms with van der Waals surface area (Å²) >= 11 is 0. The molecule has 2 aromatic rings. The molecular weight excluding hydrogens is 544 g/mol.